The molecule has 2 N–H and O–H groups in total. The molecule has 0 unspecified atom stereocenters. The van der Waals surface area contributed by atoms with Gasteiger partial charge >= 0.3 is 0 Å². The lowest BCUT2D eigenvalue weighted by atomic mass is 10.3. The Bertz CT molecular complexity index is 874. The molecule has 0 spiro atoms. The van der Waals surface area contributed by atoms with Crippen molar-refractivity contribution in [3.8, 4) is 0 Å². The highest BCUT2D eigenvalue weighted by Crippen LogP contribution is 2.24. The van der Waals surface area contributed by atoms with Gasteiger partial charge in [-0.15, -0.1) is 5.11 Å². The molecule has 9 heteroatoms. The van der Waals surface area contributed by atoms with Crippen LogP contribution in [0.3, 0.4) is 0 Å². The fourth-order valence-corrected chi connectivity index (χ4v) is 3.95. The lowest BCUT2D eigenvalue weighted by molar-refractivity contribution is 0.477. The minimum absolute atomic E-state index is 0.207. The molecule has 1 fully saturated rings. The van der Waals surface area contributed by atoms with Crippen LogP contribution in [-0.2, 0) is 10.0 Å². The van der Waals surface area contributed by atoms with E-state index in [9.17, 15) is 13.2 Å². The molecule has 0 radical (unpaired) electrons. The lowest BCUT2D eigenvalue weighted by Gasteiger charge is -2.15. The third-order valence-corrected chi connectivity index (χ3v) is 5.65. The van der Waals surface area contributed by atoms with Gasteiger partial charge in [-0.05, 0) is 44.0 Å². The van der Waals surface area contributed by atoms with Crippen molar-refractivity contribution < 1.29 is 8.42 Å². The molecule has 8 nitrogen and oxygen atoms in total. The Hall–Kier alpha value is -2.26. The number of aromatic nitrogens is 2. The first kappa shape index (κ1) is 15.6. The second-order valence-electron chi connectivity index (χ2n) is 5.36. The Kier molecular flexibility index (Phi) is 4.14. The van der Waals surface area contributed by atoms with Gasteiger partial charge in [-0.1, -0.05) is 0 Å². The van der Waals surface area contributed by atoms with Gasteiger partial charge in [0.2, 0.25) is 10.0 Å². The topological polar surface area (TPSA) is 111 Å². The Morgan fingerprint density at radius 1 is 1.04 bits per heavy atom. The number of aryl methyl sites for hydroxylation is 1. The molecule has 1 aromatic carbocycles. The Balaban J connectivity index is 1.81. The maximum atomic E-state index is 12.4. The SMILES string of the molecule is Cc1[nH][nH]c(=O)c1N=Nc1ccc(S(=O)(=O)N2CCCC2)cc1. The van der Waals surface area contributed by atoms with Crippen molar-refractivity contribution in [2.45, 2.75) is 24.7 Å². The summed E-state index contributed by atoms with van der Waals surface area (Å²) in [4.78, 5) is 11.7. The third kappa shape index (κ3) is 3.10. The van der Waals surface area contributed by atoms with Crippen LogP contribution in [0.25, 0.3) is 0 Å². The Morgan fingerprint density at radius 3 is 2.26 bits per heavy atom. The van der Waals surface area contributed by atoms with Gasteiger partial charge in [0, 0.05) is 13.1 Å². The van der Waals surface area contributed by atoms with Gasteiger partial charge in [0.15, 0.2) is 5.69 Å². The molecule has 3 rings (SSSR count). The average Bonchev–Trinajstić information content (AvgIpc) is 3.18. The van der Waals surface area contributed by atoms with E-state index < -0.39 is 10.0 Å². The molecule has 2 heterocycles. The van der Waals surface area contributed by atoms with Gasteiger partial charge in [-0.3, -0.25) is 9.89 Å². The summed E-state index contributed by atoms with van der Waals surface area (Å²) in [7, 11) is -3.43. The smallest absolute Gasteiger partial charge is 0.291 e. The normalized spacial score (nSPS) is 16.4. The van der Waals surface area contributed by atoms with Gasteiger partial charge in [0.1, 0.15) is 0 Å². The molecule has 1 aromatic heterocycles. The van der Waals surface area contributed by atoms with Crippen LogP contribution in [0.5, 0.6) is 0 Å². The van der Waals surface area contributed by atoms with Gasteiger partial charge < -0.3 is 5.10 Å². The highest BCUT2D eigenvalue weighted by Gasteiger charge is 2.26. The summed E-state index contributed by atoms with van der Waals surface area (Å²) < 4.78 is 26.3. The van der Waals surface area contributed by atoms with Crippen LogP contribution in [0.4, 0.5) is 11.4 Å². The zero-order valence-electron chi connectivity index (χ0n) is 12.6. The van der Waals surface area contributed by atoms with Crippen LogP contribution in [0.2, 0.25) is 0 Å². The Labute approximate surface area is 133 Å². The Morgan fingerprint density at radius 2 is 1.70 bits per heavy atom. The average molecular weight is 335 g/mol. The van der Waals surface area contributed by atoms with E-state index in [0.717, 1.165) is 12.8 Å². The summed E-state index contributed by atoms with van der Waals surface area (Å²) in [5.41, 5.74) is 0.926. The van der Waals surface area contributed by atoms with E-state index in [1.165, 1.54) is 16.4 Å². The van der Waals surface area contributed by atoms with Gasteiger partial charge in [0.25, 0.3) is 5.56 Å². The second-order valence-corrected chi connectivity index (χ2v) is 7.30. The number of benzene rings is 1. The molecule has 23 heavy (non-hydrogen) atoms. The van der Waals surface area contributed by atoms with Crippen molar-refractivity contribution >= 4 is 21.4 Å². The van der Waals surface area contributed by atoms with E-state index in [1.807, 2.05) is 0 Å². The summed E-state index contributed by atoms with van der Waals surface area (Å²) in [6.45, 7) is 2.84. The largest absolute Gasteiger partial charge is 0.300 e. The molecule has 0 aliphatic carbocycles. The standard InChI is InChI=1S/C14H17N5O3S/c1-10-13(14(20)18-15-10)17-16-11-4-6-12(7-5-11)23(21,22)19-8-2-3-9-19/h4-7H,2-3,8-9H2,1H3,(H2,15,18,20). The highest BCUT2D eigenvalue weighted by atomic mass is 32.2. The van der Waals surface area contributed by atoms with Crippen LogP contribution >= 0.6 is 0 Å². The number of rotatable bonds is 4. The van der Waals surface area contributed by atoms with Crippen LogP contribution < -0.4 is 5.56 Å². The number of sulfonamides is 1. The monoisotopic (exact) mass is 335 g/mol. The van der Waals surface area contributed by atoms with E-state index in [2.05, 4.69) is 20.4 Å². The predicted octanol–water partition coefficient (Wildman–Crippen LogP) is 2.21. The predicted molar refractivity (Wildman–Crippen MR) is 84.8 cm³/mol. The lowest BCUT2D eigenvalue weighted by Crippen LogP contribution is -2.27. The molecule has 0 amide bonds. The number of hydrogen-bond acceptors (Lipinski definition) is 5. The zero-order chi connectivity index (χ0) is 16.4. The number of nitrogens with zero attached hydrogens (tertiary/aromatic N) is 3. The van der Waals surface area contributed by atoms with E-state index >= 15 is 0 Å². The number of azo groups is 1. The molecule has 0 atom stereocenters. The molecular formula is C14H17N5O3S. The zero-order valence-corrected chi connectivity index (χ0v) is 13.4. The van der Waals surface area contributed by atoms with Crippen molar-refractivity contribution in [2.75, 3.05) is 13.1 Å². The molecule has 122 valence electrons. The first-order valence-corrected chi connectivity index (χ1v) is 8.72. The minimum atomic E-state index is -3.43. The van der Waals surface area contributed by atoms with Crippen molar-refractivity contribution in [1.29, 1.82) is 0 Å². The summed E-state index contributed by atoms with van der Waals surface area (Å²) in [6, 6.07) is 6.16. The maximum Gasteiger partial charge on any atom is 0.291 e. The minimum Gasteiger partial charge on any atom is -0.300 e. The molecule has 1 saturated heterocycles. The highest BCUT2D eigenvalue weighted by molar-refractivity contribution is 7.89. The first-order valence-electron chi connectivity index (χ1n) is 7.28. The van der Waals surface area contributed by atoms with E-state index in [0.29, 0.717) is 24.5 Å². The molecule has 2 aromatic rings. The van der Waals surface area contributed by atoms with Crippen LogP contribution in [-0.4, -0.2) is 36.0 Å². The molecule has 1 aliphatic heterocycles. The molecule has 1 aliphatic rings. The second kappa shape index (κ2) is 6.09. The van der Waals surface area contributed by atoms with E-state index in [1.54, 1.807) is 19.1 Å². The van der Waals surface area contributed by atoms with Crippen LogP contribution in [0.1, 0.15) is 18.5 Å². The number of H-pyrrole nitrogens is 2. The van der Waals surface area contributed by atoms with Gasteiger partial charge in [-0.25, -0.2) is 8.42 Å². The van der Waals surface area contributed by atoms with Crippen molar-refractivity contribution in [3.63, 3.8) is 0 Å². The van der Waals surface area contributed by atoms with Crippen molar-refractivity contribution in [1.82, 2.24) is 14.5 Å². The summed E-state index contributed by atoms with van der Waals surface area (Å²) in [5.74, 6) is 0. The fraction of sp³-hybridized carbons (Fsp3) is 0.357. The molecule has 0 saturated carbocycles. The summed E-state index contributed by atoms with van der Waals surface area (Å²) in [6.07, 6.45) is 1.80. The molecular weight excluding hydrogens is 318 g/mol. The molecule has 0 bridgehead atoms. The van der Waals surface area contributed by atoms with Crippen LogP contribution in [0.15, 0.2) is 44.2 Å². The number of hydrogen-bond donors (Lipinski definition) is 2. The maximum absolute atomic E-state index is 12.4. The third-order valence-electron chi connectivity index (χ3n) is 3.74. The van der Waals surface area contributed by atoms with Crippen LogP contribution in [0, 0.1) is 6.92 Å². The number of nitrogens with one attached hydrogen (secondary N) is 2. The number of aromatic amines is 2. The quantitative estimate of drug-likeness (QED) is 0.835. The van der Waals surface area contributed by atoms with Gasteiger partial charge in [-0.2, -0.15) is 9.42 Å². The fourth-order valence-electron chi connectivity index (χ4n) is 2.43. The van der Waals surface area contributed by atoms with Gasteiger partial charge in [0.05, 0.1) is 16.3 Å². The first-order chi connectivity index (χ1) is 11.0. The summed E-state index contributed by atoms with van der Waals surface area (Å²) >= 11 is 0. The van der Waals surface area contributed by atoms with E-state index in [-0.39, 0.29) is 16.1 Å². The summed E-state index contributed by atoms with van der Waals surface area (Å²) in [5, 5.41) is 12.9. The van der Waals surface area contributed by atoms with E-state index in [4.69, 9.17) is 0 Å². The van der Waals surface area contributed by atoms with Crippen molar-refractivity contribution in [3.05, 3.63) is 40.3 Å². The van der Waals surface area contributed by atoms with Crippen molar-refractivity contribution in [2.24, 2.45) is 10.2 Å².